The number of ether oxygens (including phenoxy) is 1. The van der Waals surface area contributed by atoms with Crippen molar-refractivity contribution < 1.29 is 4.74 Å². The highest BCUT2D eigenvalue weighted by molar-refractivity contribution is 7.97. The summed E-state index contributed by atoms with van der Waals surface area (Å²) in [4.78, 5) is 0. The van der Waals surface area contributed by atoms with Gasteiger partial charge in [0.05, 0.1) is 7.11 Å². The Hall–Kier alpha value is -1.61. The molecule has 2 rings (SSSR count). The lowest BCUT2D eigenvalue weighted by atomic mass is 10.1. The van der Waals surface area contributed by atoms with Crippen LogP contribution in [0.3, 0.4) is 0 Å². The fraction of sp³-hybridized carbons (Fsp3) is 0.294. The van der Waals surface area contributed by atoms with Gasteiger partial charge in [0, 0.05) is 28.8 Å². The van der Waals surface area contributed by atoms with Crippen LogP contribution in [0.5, 0.6) is 5.75 Å². The van der Waals surface area contributed by atoms with Gasteiger partial charge in [-0.1, -0.05) is 35.4 Å². The number of methoxy groups -OCH3 is 1. The zero-order valence-corrected chi connectivity index (χ0v) is 13.1. The number of nitrogen functional groups attached to an aromatic ring is 1. The van der Waals surface area contributed by atoms with Crippen LogP contribution < -0.4 is 10.5 Å². The van der Waals surface area contributed by atoms with Crippen molar-refractivity contribution in [1.29, 1.82) is 0 Å². The average Bonchev–Trinajstić information content (AvgIpc) is 2.39. The quantitative estimate of drug-likeness (QED) is 0.831. The van der Waals surface area contributed by atoms with Crippen LogP contribution in [0.4, 0.5) is 5.69 Å². The number of anilines is 1. The molecule has 0 bridgehead atoms. The van der Waals surface area contributed by atoms with Crippen LogP contribution in [0.2, 0.25) is 0 Å². The van der Waals surface area contributed by atoms with Gasteiger partial charge in [0.15, 0.2) is 0 Å². The van der Waals surface area contributed by atoms with Gasteiger partial charge in [-0.25, -0.2) is 0 Å². The van der Waals surface area contributed by atoms with Gasteiger partial charge in [-0.3, -0.25) is 0 Å². The number of aryl methyl sites for hydroxylation is 2. The van der Waals surface area contributed by atoms with Crippen LogP contribution in [0, 0.1) is 13.8 Å². The van der Waals surface area contributed by atoms with Crippen molar-refractivity contribution in [2.45, 2.75) is 25.4 Å². The summed E-state index contributed by atoms with van der Waals surface area (Å²) in [6.45, 7) is 4.29. The Morgan fingerprint density at radius 2 is 1.70 bits per heavy atom. The molecule has 3 heteroatoms. The van der Waals surface area contributed by atoms with Crippen LogP contribution in [-0.4, -0.2) is 7.11 Å². The van der Waals surface area contributed by atoms with E-state index in [4.69, 9.17) is 10.5 Å². The summed E-state index contributed by atoms with van der Waals surface area (Å²) in [6.07, 6.45) is 0. The monoisotopic (exact) mass is 287 g/mol. The fourth-order valence-corrected chi connectivity index (χ4v) is 3.27. The van der Waals surface area contributed by atoms with Crippen molar-refractivity contribution in [1.82, 2.24) is 0 Å². The van der Waals surface area contributed by atoms with Gasteiger partial charge in [-0.05, 0) is 25.5 Å². The second-order valence-electron chi connectivity index (χ2n) is 5.06. The molecule has 0 atom stereocenters. The highest BCUT2D eigenvalue weighted by atomic mass is 32.2. The first kappa shape index (κ1) is 14.8. The molecule has 0 aliphatic heterocycles. The topological polar surface area (TPSA) is 35.2 Å². The van der Waals surface area contributed by atoms with Crippen LogP contribution in [0.1, 0.15) is 22.3 Å². The van der Waals surface area contributed by atoms with Crippen LogP contribution in [0.15, 0.2) is 36.4 Å². The smallest absolute Gasteiger partial charge is 0.124 e. The number of hydrogen-bond donors (Lipinski definition) is 1. The van der Waals surface area contributed by atoms with E-state index < -0.39 is 0 Å². The lowest BCUT2D eigenvalue weighted by Gasteiger charge is -2.10. The second kappa shape index (κ2) is 6.71. The zero-order chi connectivity index (χ0) is 14.5. The number of rotatable bonds is 5. The normalized spacial score (nSPS) is 10.6. The third kappa shape index (κ3) is 3.94. The Morgan fingerprint density at radius 3 is 2.35 bits per heavy atom. The number of thioether (sulfide) groups is 1. The Kier molecular flexibility index (Phi) is 4.96. The molecule has 2 aromatic carbocycles. The maximum atomic E-state index is 5.77. The summed E-state index contributed by atoms with van der Waals surface area (Å²) >= 11 is 1.89. The predicted octanol–water partition coefficient (Wildman–Crippen LogP) is 4.33. The van der Waals surface area contributed by atoms with Gasteiger partial charge in [-0.2, -0.15) is 11.8 Å². The van der Waals surface area contributed by atoms with E-state index in [1.54, 1.807) is 7.11 Å². The summed E-state index contributed by atoms with van der Waals surface area (Å²) in [7, 11) is 1.69. The minimum absolute atomic E-state index is 0.741. The molecular formula is C17H21NOS. The number of hydrogen-bond acceptors (Lipinski definition) is 3. The standard InChI is InChI=1S/C17H21NOS/c1-12-6-13(2)8-14(7-12)10-20-11-15-4-5-16(18)9-17(15)19-3/h4-9H,10-11,18H2,1-3H3. The maximum absolute atomic E-state index is 5.77. The molecule has 0 saturated heterocycles. The van der Waals surface area contributed by atoms with E-state index in [0.29, 0.717) is 0 Å². The van der Waals surface area contributed by atoms with Gasteiger partial charge in [0.25, 0.3) is 0 Å². The predicted molar refractivity (Wildman–Crippen MR) is 88.3 cm³/mol. The molecular weight excluding hydrogens is 266 g/mol. The molecule has 0 aliphatic carbocycles. The van der Waals surface area contributed by atoms with Gasteiger partial charge in [0.2, 0.25) is 0 Å². The third-order valence-corrected chi connectivity index (χ3v) is 4.17. The molecule has 0 aromatic heterocycles. The van der Waals surface area contributed by atoms with Crippen LogP contribution in [-0.2, 0) is 11.5 Å². The summed E-state index contributed by atoms with van der Waals surface area (Å²) in [5, 5.41) is 0. The minimum atomic E-state index is 0.741. The molecule has 0 spiro atoms. The lowest BCUT2D eigenvalue weighted by molar-refractivity contribution is 0.411. The Morgan fingerprint density at radius 1 is 1.00 bits per heavy atom. The summed E-state index contributed by atoms with van der Waals surface area (Å²) in [5.41, 5.74) is 11.7. The molecule has 0 heterocycles. The molecule has 0 saturated carbocycles. The van der Waals surface area contributed by atoms with Gasteiger partial charge in [-0.15, -0.1) is 0 Å². The number of nitrogens with two attached hydrogens (primary N) is 1. The Balaban J connectivity index is 1.99. The third-order valence-electron chi connectivity index (χ3n) is 3.12. The zero-order valence-electron chi connectivity index (χ0n) is 12.3. The lowest BCUT2D eigenvalue weighted by Crippen LogP contribution is -1.93. The molecule has 0 amide bonds. The first-order chi connectivity index (χ1) is 9.58. The van der Waals surface area contributed by atoms with Gasteiger partial charge < -0.3 is 10.5 Å². The van der Waals surface area contributed by atoms with Crippen molar-refractivity contribution in [3.05, 3.63) is 58.7 Å². The summed E-state index contributed by atoms with van der Waals surface area (Å²) in [6, 6.07) is 12.6. The van der Waals surface area contributed by atoms with Crippen molar-refractivity contribution >= 4 is 17.4 Å². The second-order valence-corrected chi connectivity index (χ2v) is 6.05. The van der Waals surface area contributed by atoms with Crippen molar-refractivity contribution in [2.24, 2.45) is 0 Å². The van der Waals surface area contributed by atoms with E-state index in [0.717, 1.165) is 22.9 Å². The molecule has 2 N–H and O–H groups in total. The fourth-order valence-electron chi connectivity index (χ4n) is 2.31. The van der Waals surface area contributed by atoms with Gasteiger partial charge in [0.1, 0.15) is 5.75 Å². The van der Waals surface area contributed by atoms with Crippen LogP contribution >= 0.6 is 11.8 Å². The van der Waals surface area contributed by atoms with Crippen molar-refractivity contribution in [3.8, 4) is 5.75 Å². The van der Waals surface area contributed by atoms with E-state index in [2.05, 4.69) is 32.0 Å². The Labute approximate surface area is 125 Å². The molecule has 0 aliphatic rings. The van der Waals surface area contributed by atoms with E-state index in [9.17, 15) is 0 Å². The van der Waals surface area contributed by atoms with E-state index in [-0.39, 0.29) is 0 Å². The minimum Gasteiger partial charge on any atom is -0.496 e. The highest BCUT2D eigenvalue weighted by Gasteiger charge is 2.04. The molecule has 2 nitrogen and oxygen atoms in total. The molecule has 2 aromatic rings. The molecule has 0 fully saturated rings. The molecule has 0 radical (unpaired) electrons. The maximum Gasteiger partial charge on any atom is 0.124 e. The van der Waals surface area contributed by atoms with Gasteiger partial charge >= 0.3 is 0 Å². The molecule has 20 heavy (non-hydrogen) atoms. The SMILES string of the molecule is COc1cc(N)ccc1CSCc1cc(C)cc(C)c1. The van der Waals surface area contributed by atoms with Crippen molar-refractivity contribution in [3.63, 3.8) is 0 Å². The van der Waals surface area contributed by atoms with E-state index in [1.165, 1.54) is 22.3 Å². The number of benzene rings is 2. The van der Waals surface area contributed by atoms with Crippen molar-refractivity contribution in [2.75, 3.05) is 12.8 Å². The van der Waals surface area contributed by atoms with E-state index in [1.807, 2.05) is 30.0 Å². The molecule has 0 unspecified atom stereocenters. The first-order valence-electron chi connectivity index (χ1n) is 6.66. The van der Waals surface area contributed by atoms with Crippen LogP contribution in [0.25, 0.3) is 0 Å². The summed E-state index contributed by atoms with van der Waals surface area (Å²) in [5.74, 6) is 2.81. The Bertz CT molecular complexity index is 575. The van der Waals surface area contributed by atoms with E-state index >= 15 is 0 Å². The average molecular weight is 287 g/mol. The summed E-state index contributed by atoms with van der Waals surface area (Å²) < 4.78 is 5.37. The largest absolute Gasteiger partial charge is 0.496 e. The first-order valence-corrected chi connectivity index (χ1v) is 7.81. The highest BCUT2D eigenvalue weighted by Crippen LogP contribution is 2.27. The molecule has 106 valence electrons.